The number of hydrogen-bond acceptors (Lipinski definition) is 2. The molecule has 0 bridgehead atoms. The average Bonchev–Trinajstić information content (AvgIpc) is 2.66. The highest BCUT2D eigenvalue weighted by Crippen LogP contribution is 2.26. The zero-order valence-electron chi connectivity index (χ0n) is 13.5. The van der Waals surface area contributed by atoms with Gasteiger partial charge in [-0.05, 0) is 40.8 Å². The topological polar surface area (TPSA) is 49.3 Å². The molecule has 0 aromatic heterocycles. The van der Waals surface area contributed by atoms with Crippen LogP contribution in [0.2, 0.25) is 0 Å². The van der Waals surface area contributed by atoms with Gasteiger partial charge < -0.3 is 5.21 Å². The Morgan fingerprint density at radius 2 is 1.38 bits per heavy atom. The quantitative estimate of drug-likeness (QED) is 0.523. The molecule has 0 saturated heterocycles. The van der Waals surface area contributed by atoms with Crippen molar-refractivity contribution in [2.24, 2.45) is 0 Å². The van der Waals surface area contributed by atoms with E-state index in [-0.39, 0.29) is 12.1 Å². The SMILES string of the molecule is [O-][N+]1=C(c2ccc(-c3ccccc3)cc2)C=[N+](O)[C@H]2CCCC[C@H]21. The summed E-state index contributed by atoms with van der Waals surface area (Å²) in [5, 5.41) is 23.0. The lowest BCUT2D eigenvalue weighted by Crippen LogP contribution is -2.51. The molecule has 122 valence electrons. The van der Waals surface area contributed by atoms with Crippen LogP contribution < -0.4 is 0 Å². The fraction of sp³-hybridized carbons (Fsp3) is 0.300. The van der Waals surface area contributed by atoms with Crippen LogP contribution in [0.25, 0.3) is 11.1 Å². The number of nitrogens with zero attached hydrogens (tertiary/aromatic N) is 2. The van der Waals surface area contributed by atoms with Crippen molar-refractivity contribution in [3.05, 3.63) is 65.4 Å². The van der Waals surface area contributed by atoms with Crippen molar-refractivity contribution in [3.63, 3.8) is 0 Å². The summed E-state index contributed by atoms with van der Waals surface area (Å²) < 4.78 is 2.35. The Kier molecular flexibility index (Phi) is 3.81. The maximum atomic E-state index is 12.8. The molecule has 24 heavy (non-hydrogen) atoms. The van der Waals surface area contributed by atoms with Gasteiger partial charge in [-0.15, -0.1) is 0 Å². The second kappa shape index (κ2) is 6.11. The van der Waals surface area contributed by atoms with Gasteiger partial charge in [0.15, 0.2) is 0 Å². The molecule has 0 spiro atoms. The average molecular weight is 321 g/mol. The van der Waals surface area contributed by atoms with Crippen molar-refractivity contribution in [2.75, 3.05) is 0 Å². The number of benzene rings is 2. The first kappa shape index (κ1) is 14.9. The Balaban J connectivity index is 1.68. The van der Waals surface area contributed by atoms with Gasteiger partial charge in [0.05, 0.1) is 5.56 Å². The van der Waals surface area contributed by atoms with Crippen molar-refractivity contribution in [1.29, 1.82) is 0 Å². The van der Waals surface area contributed by atoms with Crippen LogP contribution in [0.15, 0.2) is 54.6 Å². The first-order valence-electron chi connectivity index (χ1n) is 8.55. The smallest absolute Gasteiger partial charge is 0.288 e. The molecule has 1 fully saturated rings. The molecular formula is C20H21N2O2+. The van der Waals surface area contributed by atoms with E-state index in [0.717, 1.165) is 47.1 Å². The molecule has 1 aliphatic heterocycles. The third-order valence-corrected chi connectivity index (χ3v) is 5.11. The van der Waals surface area contributed by atoms with Crippen LogP contribution in [-0.4, -0.2) is 38.7 Å². The number of fused-ring (bicyclic) bond motifs is 1. The molecule has 0 amide bonds. The van der Waals surface area contributed by atoms with Gasteiger partial charge in [-0.25, -0.2) is 0 Å². The Morgan fingerprint density at radius 3 is 2.08 bits per heavy atom. The van der Waals surface area contributed by atoms with Gasteiger partial charge in [-0.1, -0.05) is 42.5 Å². The van der Waals surface area contributed by atoms with E-state index in [9.17, 15) is 10.4 Å². The summed E-state index contributed by atoms with van der Waals surface area (Å²) in [4.78, 5) is 0. The third kappa shape index (κ3) is 2.58. The lowest BCUT2D eigenvalue weighted by molar-refractivity contribution is -0.819. The standard InChI is InChI=1S/C20H21N2O2/c23-21-14-20(22(24)19-9-5-4-8-18(19)21)17-12-10-16(11-13-17)15-6-2-1-3-7-15/h1-3,6-7,10-14,18-19,23H,4-5,8-9H2/q+1/t18-,19+/m0/s1. The molecule has 2 aliphatic rings. The van der Waals surface area contributed by atoms with Gasteiger partial charge in [0.1, 0.15) is 0 Å². The minimum absolute atomic E-state index is 0.0800. The molecule has 2 aromatic carbocycles. The summed E-state index contributed by atoms with van der Waals surface area (Å²) in [6, 6.07) is 17.9. The summed E-state index contributed by atoms with van der Waals surface area (Å²) >= 11 is 0. The van der Waals surface area contributed by atoms with Crippen LogP contribution in [0.1, 0.15) is 31.2 Å². The molecule has 4 heteroatoms. The Bertz CT molecular complexity index is 794. The number of rotatable bonds is 2. The van der Waals surface area contributed by atoms with E-state index < -0.39 is 0 Å². The van der Waals surface area contributed by atoms with E-state index in [2.05, 4.69) is 12.1 Å². The van der Waals surface area contributed by atoms with E-state index in [1.165, 1.54) is 4.74 Å². The van der Waals surface area contributed by atoms with Crippen LogP contribution in [0.5, 0.6) is 0 Å². The normalized spacial score (nSPS) is 23.6. The molecule has 0 radical (unpaired) electrons. The Morgan fingerprint density at radius 1 is 0.792 bits per heavy atom. The van der Waals surface area contributed by atoms with Gasteiger partial charge in [0, 0.05) is 12.8 Å². The zero-order chi connectivity index (χ0) is 16.5. The van der Waals surface area contributed by atoms with Gasteiger partial charge in [0.25, 0.3) is 18.0 Å². The molecule has 1 N–H and O–H groups in total. The van der Waals surface area contributed by atoms with Crippen molar-refractivity contribution >= 4 is 11.9 Å². The summed E-state index contributed by atoms with van der Waals surface area (Å²) in [6.07, 6.45) is 5.41. The maximum Gasteiger partial charge on any atom is 0.288 e. The minimum Gasteiger partial charge on any atom is -0.623 e. The maximum absolute atomic E-state index is 12.8. The van der Waals surface area contributed by atoms with Crippen molar-refractivity contribution in [3.8, 4) is 11.1 Å². The van der Waals surface area contributed by atoms with Crippen LogP contribution >= 0.6 is 0 Å². The molecule has 2 atom stereocenters. The van der Waals surface area contributed by atoms with Gasteiger partial charge in [-0.2, -0.15) is 4.74 Å². The summed E-state index contributed by atoms with van der Waals surface area (Å²) in [7, 11) is 0. The van der Waals surface area contributed by atoms with Crippen molar-refractivity contribution < 1.29 is 14.7 Å². The van der Waals surface area contributed by atoms with Crippen LogP contribution in [0, 0.1) is 5.21 Å². The fourth-order valence-electron chi connectivity index (χ4n) is 3.80. The molecule has 1 aliphatic carbocycles. The second-order valence-corrected chi connectivity index (χ2v) is 6.58. The molecule has 2 aromatic rings. The third-order valence-electron chi connectivity index (χ3n) is 5.11. The van der Waals surface area contributed by atoms with E-state index >= 15 is 0 Å². The molecule has 1 heterocycles. The Hall–Kier alpha value is -2.62. The summed E-state index contributed by atoms with van der Waals surface area (Å²) in [6.45, 7) is 0. The van der Waals surface area contributed by atoms with Crippen molar-refractivity contribution in [1.82, 2.24) is 0 Å². The molecule has 1 saturated carbocycles. The Labute approximate surface area is 141 Å². The zero-order valence-corrected chi connectivity index (χ0v) is 13.5. The van der Waals surface area contributed by atoms with Crippen LogP contribution in [-0.2, 0) is 0 Å². The monoisotopic (exact) mass is 321 g/mol. The lowest BCUT2D eigenvalue weighted by Gasteiger charge is -2.28. The predicted molar refractivity (Wildman–Crippen MR) is 93.8 cm³/mol. The highest BCUT2D eigenvalue weighted by Gasteiger charge is 2.45. The largest absolute Gasteiger partial charge is 0.623 e. The van der Waals surface area contributed by atoms with Crippen molar-refractivity contribution in [2.45, 2.75) is 37.8 Å². The molecule has 0 unspecified atom stereocenters. The number of hydrogen-bond donors (Lipinski definition) is 1. The van der Waals surface area contributed by atoms with Gasteiger partial charge in [-0.3, -0.25) is 5.21 Å². The molecule has 4 rings (SSSR count). The van der Waals surface area contributed by atoms with Gasteiger partial charge in [0.2, 0.25) is 6.04 Å². The fourth-order valence-corrected chi connectivity index (χ4v) is 3.80. The van der Waals surface area contributed by atoms with Crippen LogP contribution in [0.3, 0.4) is 0 Å². The van der Waals surface area contributed by atoms with E-state index in [1.807, 2.05) is 42.5 Å². The van der Waals surface area contributed by atoms with E-state index in [0.29, 0.717) is 5.71 Å². The first-order chi connectivity index (χ1) is 11.7. The van der Waals surface area contributed by atoms with Gasteiger partial charge >= 0.3 is 0 Å². The lowest BCUT2D eigenvalue weighted by atomic mass is 9.89. The van der Waals surface area contributed by atoms with Crippen LogP contribution in [0.4, 0.5) is 0 Å². The van der Waals surface area contributed by atoms with E-state index in [4.69, 9.17) is 0 Å². The molecule has 4 nitrogen and oxygen atoms in total. The predicted octanol–water partition coefficient (Wildman–Crippen LogP) is 3.45. The molecular weight excluding hydrogens is 300 g/mol. The van der Waals surface area contributed by atoms with E-state index in [1.54, 1.807) is 6.21 Å². The second-order valence-electron chi connectivity index (χ2n) is 6.58. The number of hydroxylamine groups is 2. The highest BCUT2D eigenvalue weighted by molar-refractivity contribution is 6.34. The first-order valence-corrected chi connectivity index (χ1v) is 8.55. The summed E-state index contributed by atoms with van der Waals surface area (Å²) in [5.41, 5.74) is 3.65. The summed E-state index contributed by atoms with van der Waals surface area (Å²) in [5.74, 6) is 0. The minimum atomic E-state index is -0.155. The highest BCUT2D eigenvalue weighted by atomic mass is 16.5.